The van der Waals surface area contributed by atoms with Crippen LogP contribution in [0.1, 0.15) is 30.7 Å². The van der Waals surface area contributed by atoms with Gasteiger partial charge in [-0.3, -0.25) is 9.78 Å². The fourth-order valence-corrected chi connectivity index (χ4v) is 2.14. The Bertz CT molecular complexity index is 662. The Morgan fingerprint density at radius 3 is 2.63 bits per heavy atom. The number of aromatic nitrogens is 1. The Labute approximate surface area is 112 Å². The molecule has 1 N–H and O–H groups in total. The van der Waals surface area contributed by atoms with Crippen LogP contribution in [0.3, 0.4) is 0 Å². The second kappa shape index (κ2) is 4.88. The number of phenols is 1. The summed E-state index contributed by atoms with van der Waals surface area (Å²) in [6, 6.07) is 3.40. The summed E-state index contributed by atoms with van der Waals surface area (Å²) in [6.45, 7) is 7.06. The fraction of sp³-hybridized carbons (Fsp3) is 0.333. The predicted molar refractivity (Wildman–Crippen MR) is 73.6 cm³/mol. The molecule has 2 aromatic rings. The Balaban J connectivity index is 2.83. The van der Waals surface area contributed by atoms with Gasteiger partial charge >= 0.3 is 5.97 Å². The molecule has 0 aliphatic rings. The summed E-state index contributed by atoms with van der Waals surface area (Å²) < 4.78 is 5.31. The van der Waals surface area contributed by atoms with Gasteiger partial charge in [0.15, 0.2) is 0 Å². The highest BCUT2D eigenvalue weighted by Crippen LogP contribution is 2.34. The van der Waals surface area contributed by atoms with Crippen LogP contribution < -0.4 is 4.74 Å². The Morgan fingerprint density at radius 2 is 2.05 bits per heavy atom. The number of aromatic hydroxyl groups is 1. The zero-order valence-electron chi connectivity index (χ0n) is 11.6. The maximum atomic E-state index is 11.3. The van der Waals surface area contributed by atoms with Gasteiger partial charge in [0, 0.05) is 23.6 Å². The molecule has 0 aliphatic carbocycles. The van der Waals surface area contributed by atoms with Crippen molar-refractivity contribution in [3.05, 3.63) is 29.0 Å². The van der Waals surface area contributed by atoms with Gasteiger partial charge in [-0.15, -0.1) is 0 Å². The van der Waals surface area contributed by atoms with Gasteiger partial charge in [0.1, 0.15) is 11.5 Å². The molecule has 0 saturated carbocycles. The van der Waals surface area contributed by atoms with E-state index in [0.717, 1.165) is 28.8 Å². The average molecular weight is 259 g/mol. The van der Waals surface area contributed by atoms with E-state index >= 15 is 0 Å². The van der Waals surface area contributed by atoms with Crippen LogP contribution >= 0.6 is 0 Å². The molecule has 0 fully saturated rings. The number of nitrogens with zero attached hydrogens (tertiary/aromatic N) is 1. The number of carbonyl (C=O) groups excluding carboxylic acids is 1. The molecule has 0 spiro atoms. The number of hydrogen-bond donors (Lipinski definition) is 1. The number of rotatable bonds is 2. The second-order valence-electron chi connectivity index (χ2n) is 4.62. The molecule has 4 nitrogen and oxygen atoms in total. The zero-order valence-corrected chi connectivity index (χ0v) is 11.6. The van der Waals surface area contributed by atoms with Crippen LogP contribution in [0.5, 0.6) is 11.5 Å². The quantitative estimate of drug-likeness (QED) is 0.842. The van der Waals surface area contributed by atoms with E-state index in [-0.39, 0.29) is 11.7 Å². The first-order chi connectivity index (χ1) is 8.93. The number of aryl methyl sites for hydroxylation is 2. The maximum absolute atomic E-state index is 11.3. The van der Waals surface area contributed by atoms with Crippen molar-refractivity contribution in [3.63, 3.8) is 0 Å². The van der Waals surface area contributed by atoms with Gasteiger partial charge in [0.25, 0.3) is 0 Å². The summed E-state index contributed by atoms with van der Waals surface area (Å²) in [5, 5.41) is 10.5. The highest BCUT2D eigenvalue weighted by molar-refractivity contribution is 5.90. The second-order valence-corrected chi connectivity index (χ2v) is 4.62. The van der Waals surface area contributed by atoms with E-state index in [1.807, 2.05) is 20.8 Å². The summed E-state index contributed by atoms with van der Waals surface area (Å²) in [6.07, 6.45) is 0.760. The highest BCUT2D eigenvalue weighted by Gasteiger charge is 2.15. The summed E-state index contributed by atoms with van der Waals surface area (Å²) in [5.74, 6) is 0.286. The molecule has 2 rings (SSSR count). The summed E-state index contributed by atoms with van der Waals surface area (Å²) in [4.78, 5) is 15.8. The van der Waals surface area contributed by atoms with Crippen molar-refractivity contribution < 1.29 is 14.6 Å². The van der Waals surface area contributed by atoms with E-state index in [9.17, 15) is 9.90 Å². The molecule has 1 aromatic carbocycles. The van der Waals surface area contributed by atoms with Crippen molar-refractivity contribution in [2.75, 3.05) is 0 Å². The van der Waals surface area contributed by atoms with Crippen molar-refractivity contribution in [2.45, 2.75) is 34.1 Å². The molecule has 4 heteroatoms. The smallest absolute Gasteiger partial charge is 0.308 e. The number of carbonyl (C=O) groups is 1. The van der Waals surface area contributed by atoms with Crippen LogP contribution in [0.2, 0.25) is 0 Å². The molecule has 100 valence electrons. The molecule has 1 heterocycles. The molecular formula is C15H17NO3. The Hall–Kier alpha value is -2.10. The van der Waals surface area contributed by atoms with E-state index in [2.05, 4.69) is 4.98 Å². The third-order valence-corrected chi connectivity index (χ3v) is 3.17. The number of benzene rings is 1. The Morgan fingerprint density at radius 1 is 1.37 bits per heavy atom. The SMILES string of the molecule is CCc1nc2cc(C)c(O)cc2c(OC(C)=O)c1C. The van der Waals surface area contributed by atoms with Gasteiger partial charge < -0.3 is 9.84 Å². The van der Waals surface area contributed by atoms with Crippen molar-refractivity contribution in [2.24, 2.45) is 0 Å². The zero-order chi connectivity index (χ0) is 14.2. The Kier molecular flexibility index (Phi) is 3.42. The van der Waals surface area contributed by atoms with Gasteiger partial charge in [0.2, 0.25) is 0 Å². The lowest BCUT2D eigenvalue weighted by Gasteiger charge is -2.13. The number of esters is 1. The van der Waals surface area contributed by atoms with Crippen LogP contribution in [0.4, 0.5) is 0 Å². The maximum Gasteiger partial charge on any atom is 0.308 e. The first kappa shape index (κ1) is 13.3. The lowest BCUT2D eigenvalue weighted by Crippen LogP contribution is -2.06. The van der Waals surface area contributed by atoms with Crippen LogP contribution in [0, 0.1) is 13.8 Å². The largest absolute Gasteiger partial charge is 0.508 e. The number of fused-ring (bicyclic) bond motifs is 1. The molecule has 0 atom stereocenters. The van der Waals surface area contributed by atoms with Gasteiger partial charge in [-0.1, -0.05) is 6.92 Å². The van der Waals surface area contributed by atoms with Gasteiger partial charge in [0.05, 0.1) is 5.52 Å². The van der Waals surface area contributed by atoms with E-state index in [1.54, 1.807) is 12.1 Å². The van der Waals surface area contributed by atoms with Crippen LogP contribution in [0.15, 0.2) is 12.1 Å². The first-order valence-electron chi connectivity index (χ1n) is 6.25. The third kappa shape index (κ3) is 2.38. The van der Waals surface area contributed by atoms with Crippen LogP contribution in [0.25, 0.3) is 10.9 Å². The molecule has 0 unspecified atom stereocenters. The predicted octanol–water partition coefficient (Wildman–Crippen LogP) is 3.04. The number of pyridine rings is 1. The average Bonchev–Trinajstić information content (AvgIpc) is 2.34. The molecular weight excluding hydrogens is 242 g/mol. The molecule has 0 radical (unpaired) electrons. The third-order valence-electron chi connectivity index (χ3n) is 3.17. The fourth-order valence-electron chi connectivity index (χ4n) is 2.14. The lowest BCUT2D eigenvalue weighted by molar-refractivity contribution is -0.131. The normalized spacial score (nSPS) is 10.7. The number of phenolic OH excluding ortho intramolecular Hbond substituents is 1. The van der Waals surface area contributed by atoms with Crippen molar-refractivity contribution >= 4 is 16.9 Å². The molecule has 0 saturated heterocycles. The molecule has 0 aliphatic heterocycles. The van der Waals surface area contributed by atoms with Crippen LogP contribution in [-0.2, 0) is 11.2 Å². The molecule has 0 bridgehead atoms. The van der Waals surface area contributed by atoms with E-state index < -0.39 is 0 Å². The minimum atomic E-state index is -0.377. The van der Waals surface area contributed by atoms with Gasteiger partial charge in [-0.25, -0.2) is 0 Å². The van der Waals surface area contributed by atoms with E-state index in [0.29, 0.717) is 11.1 Å². The monoisotopic (exact) mass is 259 g/mol. The standard InChI is InChI=1S/C15H17NO3/c1-5-12-9(3)15(19-10(4)17)11-7-14(18)8(2)6-13(11)16-12/h6-7,18H,5H2,1-4H3. The topological polar surface area (TPSA) is 59.4 Å². The van der Waals surface area contributed by atoms with E-state index in [1.165, 1.54) is 6.92 Å². The summed E-state index contributed by atoms with van der Waals surface area (Å²) in [5.41, 5.74) is 3.22. The van der Waals surface area contributed by atoms with Gasteiger partial charge in [-0.2, -0.15) is 0 Å². The molecule has 0 amide bonds. The highest BCUT2D eigenvalue weighted by atomic mass is 16.5. The minimum absolute atomic E-state index is 0.173. The lowest BCUT2D eigenvalue weighted by atomic mass is 10.0. The van der Waals surface area contributed by atoms with Gasteiger partial charge in [-0.05, 0) is 38.0 Å². The van der Waals surface area contributed by atoms with Crippen molar-refractivity contribution in [1.82, 2.24) is 4.98 Å². The van der Waals surface area contributed by atoms with Crippen molar-refractivity contribution in [1.29, 1.82) is 0 Å². The van der Waals surface area contributed by atoms with E-state index in [4.69, 9.17) is 4.74 Å². The molecule has 19 heavy (non-hydrogen) atoms. The first-order valence-corrected chi connectivity index (χ1v) is 6.25. The minimum Gasteiger partial charge on any atom is -0.508 e. The summed E-state index contributed by atoms with van der Waals surface area (Å²) in [7, 11) is 0. The summed E-state index contributed by atoms with van der Waals surface area (Å²) >= 11 is 0. The van der Waals surface area contributed by atoms with Crippen molar-refractivity contribution in [3.8, 4) is 11.5 Å². The molecule has 1 aromatic heterocycles. The number of hydrogen-bond acceptors (Lipinski definition) is 4. The van der Waals surface area contributed by atoms with Crippen LogP contribution in [-0.4, -0.2) is 16.1 Å². The number of ether oxygens (including phenoxy) is 1.